The molecule has 3 fully saturated rings. The minimum Gasteiger partial charge on any atom is -0.352 e. The Bertz CT molecular complexity index is 2680. The second-order valence-electron chi connectivity index (χ2n) is 18.3. The van der Waals surface area contributed by atoms with Crippen LogP contribution >= 0.6 is 23.2 Å². The lowest BCUT2D eigenvalue weighted by molar-refractivity contribution is -0.137. The average molecular weight is 900 g/mol. The number of anilines is 2. The first-order valence-electron chi connectivity index (χ1n) is 21.8. The van der Waals surface area contributed by atoms with Gasteiger partial charge < -0.3 is 20.9 Å². The van der Waals surface area contributed by atoms with Crippen molar-refractivity contribution in [3.8, 4) is 11.8 Å². The van der Waals surface area contributed by atoms with Crippen LogP contribution in [0.2, 0.25) is 10.0 Å². The molecule has 0 aromatic heterocycles. The van der Waals surface area contributed by atoms with Gasteiger partial charge in [-0.15, -0.1) is 0 Å². The van der Waals surface area contributed by atoms with Crippen molar-refractivity contribution in [1.82, 2.24) is 20.9 Å². The van der Waals surface area contributed by atoms with Crippen molar-refractivity contribution in [2.75, 3.05) is 17.2 Å². The highest BCUT2D eigenvalue weighted by Gasteiger charge is 2.72. The molecule has 12 nitrogen and oxygen atoms in total. The highest BCUT2D eigenvalue weighted by Crippen LogP contribution is 2.64. The summed E-state index contributed by atoms with van der Waals surface area (Å²) in [6, 6.07) is 23.5. The fourth-order valence-corrected chi connectivity index (χ4v) is 11.0. The molecule has 0 bridgehead atoms. The number of carbonyl (C=O) groups excluding carboxylic acids is 6. The summed E-state index contributed by atoms with van der Waals surface area (Å²) in [7, 11) is 0. The van der Waals surface area contributed by atoms with E-state index in [-0.39, 0.29) is 54.3 Å². The maximum atomic E-state index is 14.8. The number of rotatable bonds is 8. The third-order valence-corrected chi connectivity index (χ3v) is 14.4. The van der Waals surface area contributed by atoms with Gasteiger partial charge in [0.05, 0.1) is 6.04 Å². The highest BCUT2D eigenvalue weighted by molar-refractivity contribution is 6.31. The molecule has 1 unspecified atom stereocenters. The van der Waals surface area contributed by atoms with E-state index in [4.69, 9.17) is 23.2 Å². The van der Waals surface area contributed by atoms with Crippen molar-refractivity contribution >= 4 is 70.0 Å². The zero-order valence-electron chi connectivity index (χ0n) is 35.5. The number of unbranched alkanes of at least 4 members (excludes halogenated alkanes) is 1. The Morgan fingerprint density at radius 3 is 2.38 bits per heavy atom. The lowest BCUT2D eigenvalue weighted by atomic mass is 9.53. The van der Waals surface area contributed by atoms with Gasteiger partial charge in [-0.1, -0.05) is 73.2 Å². The zero-order valence-corrected chi connectivity index (χ0v) is 37.1. The van der Waals surface area contributed by atoms with E-state index in [1.54, 1.807) is 54.6 Å². The first-order chi connectivity index (χ1) is 30.7. The Hall–Kier alpha value is -6.00. The van der Waals surface area contributed by atoms with E-state index in [1.165, 1.54) is 4.90 Å². The number of hydrogen-bond acceptors (Lipinski definition) is 7. The number of halogens is 2. The van der Waals surface area contributed by atoms with Crippen LogP contribution in [0.1, 0.15) is 114 Å². The second-order valence-corrected chi connectivity index (χ2v) is 19.2. The number of fused-ring (bicyclic) bond motifs is 4. The van der Waals surface area contributed by atoms with E-state index < -0.39 is 34.9 Å². The third kappa shape index (κ3) is 7.63. The number of nitrogens with zero attached hydrogens (tertiary/aromatic N) is 1. The van der Waals surface area contributed by atoms with Crippen molar-refractivity contribution in [2.24, 2.45) is 5.41 Å². The van der Waals surface area contributed by atoms with Gasteiger partial charge in [-0.25, -0.2) is 0 Å². The van der Waals surface area contributed by atoms with Crippen LogP contribution in [0.5, 0.6) is 0 Å². The summed E-state index contributed by atoms with van der Waals surface area (Å²) >= 11 is 13.1. The van der Waals surface area contributed by atoms with E-state index in [0.29, 0.717) is 70.3 Å². The monoisotopic (exact) mass is 898 g/mol. The number of nitrogens with one attached hydrogen (secondary N) is 5. The highest BCUT2D eigenvalue weighted by atomic mass is 35.5. The zero-order chi connectivity index (χ0) is 45.0. The number of hydrogen-bond donors (Lipinski definition) is 5. The Morgan fingerprint density at radius 2 is 1.62 bits per heavy atom. The Kier molecular flexibility index (Phi) is 11.4. The van der Waals surface area contributed by atoms with E-state index >= 15 is 0 Å². The molecule has 6 amide bonds. The topological polar surface area (TPSA) is 166 Å². The molecule has 9 rings (SSSR count). The normalized spacial score (nSPS) is 23.8. The first kappa shape index (κ1) is 43.3. The van der Waals surface area contributed by atoms with Gasteiger partial charge in [-0.2, -0.15) is 0 Å². The summed E-state index contributed by atoms with van der Waals surface area (Å²) in [4.78, 5) is 81.4. The number of carbonyl (C=O) groups is 6. The summed E-state index contributed by atoms with van der Waals surface area (Å²) < 4.78 is 0. The van der Waals surface area contributed by atoms with Gasteiger partial charge in [0.1, 0.15) is 11.5 Å². The average Bonchev–Trinajstić information content (AvgIpc) is 3.87. The molecule has 64 heavy (non-hydrogen) atoms. The SMILES string of the molecule is CC1(C)CCC2(CC1)N[C@@H](C(=O)Nc1ccc(C(=O)NCCCC#Cc3cccc4c3CN(C3CCC(=O)NC3=O)C4=O)cc1)[C@H](c1cccc(Cl)c1)[C@]21C(=O)Nc2cc(Cl)ccc21. The Balaban J connectivity index is 0.861. The number of piperidine rings is 1. The van der Waals surface area contributed by atoms with Gasteiger partial charge >= 0.3 is 0 Å². The molecule has 5 aliphatic rings. The quantitative estimate of drug-likeness (QED) is 0.0707. The van der Waals surface area contributed by atoms with Crippen molar-refractivity contribution in [3.05, 3.63) is 128 Å². The van der Waals surface area contributed by atoms with E-state index in [1.807, 2.05) is 30.3 Å². The van der Waals surface area contributed by atoms with Gasteiger partial charge in [-0.3, -0.25) is 39.4 Å². The van der Waals surface area contributed by atoms with Gasteiger partial charge in [0.15, 0.2) is 0 Å². The number of imide groups is 1. The second kappa shape index (κ2) is 16.8. The van der Waals surface area contributed by atoms with Gasteiger partial charge in [-0.05, 0) is 121 Å². The maximum Gasteiger partial charge on any atom is 0.255 e. The molecule has 4 aliphatic heterocycles. The van der Waals surface area contributed by atoms with Crippen LogP contribution in [-0.2, 0) is 31.1 Å². The summed E-state index contributed by atoms with van der Waals surface area (Å²) in [6.45, 7) is 5.11. The molecular formula is C50H48Cl2N6O6. The molecule has 2 saturated heterocycles. The van der Waals surface area contributed by atoms with Crippen LogP contribution in [0.4, 0.5) is 11.4 Å². The minimum atomic E-state index is -1.15. The molecule has 4 heterocycles. The van der Waals surface area contributed by atoms with Gasteiger partial charge in [0, 0.05) is 75.5 Å². The molecule has 4 aromatic rings. The molecule has 1 saturated carbocycles. The largest absolute Gasteiger partial charge is 0.352 e. The maximum absolute atomic E-state index is 14.8. The van der Waals surface area contributed by atoms with Crippen LogP contribution in [0.25, 0.3) is 0 Å². The molecule has 14 heteroatoms. The molecular weight excluding hydrogens is 851 g/mol. The number of amides is 6. The predicted octanol–water partition coefficient (Wildman–Crippen LogP) is 7.24. The number of benzene rings is 4. The fraction of sp³-hybridized carbons (Fsp3) is 0.360. The lowest BCUT2D eigenvalue weighted by Gasteiger charge is -2.50. The van der Waals surface area contributed by atoms with E-state index in [2.05, 4.69) is 52.3 Å². The third-order valence-electron chi connectivity index (χ3n) is 13.9. The fourth-order valence-electron chi connectivity index (χ4n) is 10.7. The summed E-state index contributed by atoms with van der Waals surface area (Å²) in [6.07, 6.45) is 4.63. The lowest BCUT2D eigenvalue weighted by Crippen LogP contribution is -2.61. The van der Waals surface area contributed by atoms with Crippen molar-refractivity contribution in [2.45, 2.75) is 101 Å². The smallest absolute Gasteiger partial charge is 0.255 e. The van der Waals surface area contributed by atoms with Crippen molar-refractivity contribution < 1.29 is 28.8 Å². The summed E-state index contributed by atoms with van der Waals surface area (Å²) in [5.74, 6) is 3.89. The Morgan fingerprint density at radius 1 is 0.875 bits per heavy atom. The van der Waals surface area contributed by atoms with Crippen LogP contribution in [0.3, 0.4) is 0 Å². The van der Waals surface area contributed by atoms with Crippen LogP contribution in [-0.4, -0.2) is 64.5 Å². The molecule has 2 spiro atoms. The predicted molar refractivity (Wildman–Crippen MR) is 244 cm³/mol. The van der Waals surface area contributed by atoms with Gasteiger partial charge in [0.25, 0.3) is 11.8 Å². The molecule has 4 aromatic carbocycles. The Labute approximate surface area is 381 Å². The molecule has 328 valence electrons. The van der Waals surface area contributed by atoms with Crippen molar-refractivity contribution in [1.29, 1.82) is 0 Å². The molecule has 0 radical (unpaired) electrons. The van der Waals surface area contributed by atoms with E-state index in [0.717, 1.165) is 29.5 Å². The van der Waals surface area contributed by atoms with Crippen LogP contribution in [0, 0.1) is 17.3 Å². The van der Waals surface area contributed by atoms with Crippen LogP contribution < -0.4 is 26.6 Å². The van der Waals surface area contributed by atoms with E-state index in [9.17, 15) is 28.8 Å². The summed E-state index contributed by atoms with van der Waals surface area (Å²) in [5, 5.41) is 16.3. The summed E-state index contributed by atoms with van der Waals surface area (Å²) in [5.41, 5.74) is 3.30. The van der Waals surface area contributed by atoms with Crippen LogP contribution in [0.15, 0.2) is 84.9 Å². The van der Waals surface area contributed by atoms with Gasteiger partial charge in [0.2, 0.25) is 23.6 Å². The van der Waals surface area contributed by atoms with Crippen molar-refractivity contribution in [3.63, 3.8) is 0 Å². The molecule has 4 atom stereocenters. The molecule has 5 N–H and O–H groups in total. The first-order valence-corrected chi connectivity index (χ1v) is 22.5. The standard InChI is InChI=1S/C50H48Cl2N6O6/c1-48(2)21-23-49(24-22-48)50(37-18-15-33(52)27-38(37)55-47(50)64)41(31-10-6-11-32(51)26-31)42(57-49)45(62)54-34-16-13-30(14-17-34)43(60)53-25-5-3-4-8-29-9-7-12-35-36(29)28-58(46(35)63)39-19-20-40(59)56-44(39)61/h6-7,9-18,26-27,39,41-42,57H,3,5,19-25,28H2,1-2H3,(H,53,60)(H,54,62)(H,55,64)(H,56,59,61)/t39?,41-,42+,50+/m0/s1. The molecule has 1 aliphatic carbocycles. The minimum absolute atomic E-state index is 0.0685.